The van der Waals surface area contributed by atoms with E-state index in [-0.39, 0.29) is 5.75 Å². The number of nitrogens with two attached hydrogens (primary N) is 1. The number of aliphatic hydroxyl groups is 3. The first-order valence-corrected chi connectivity index (χ1v) is 6.55. The third kappa shape index (κ3) is 3.87. The Morgan fingerprint density at radius 3 is 2.22 bits per heavy atom. The quantitative estimate of drug-likeness (QED) is 0.385. The Bertz CT molecular complexity index is 578. The Morgan fingerprint density at radius 2 is 1.70 bits per heavy atom. The fourth-order valence-corrected chi connectivity index (χ4v) is 2.04. The molecule has 10 nitrogen and oxygen atoms in total. The van der Waals surface area contributed by atoms with Crippen molar-refractivity contribution in [3.8, 4) is 5.75 Å². The topological polar surface area (TPSA) is 172 Å². The van der Waals surface area contributed by atoms with Gasteiger partial charge in [-0.15, -0.1) is 0 Å². The van der Waals surface area contributed by atoms with Crippen LogP contribution in [0.5, 0.6) is 5.75 Å². The van der Waals surface area contributed by atoms with Gasteiger partial charge in [0, 0.05) is 5.69 Å². The molecule has 1 aromatic carbocycles. The summed E-state index contributed by atoms with van der Waals surface area (Å²) in [6.45, 7) is 0. The molecule has 0 spiro atoms. The summed E-state index contributed by atoms with van der Waals surface area (Å²) < 4.78 is 10.2. The summed E-state index contributed by atoms with van der Waals surface area (Å²) in [5.74, 6) is -1.32. The Kier molecular flexibility index (Phi) is 5.01. The summed E-state index contributed by atoms with van der Waals surface area (Å²) in [4.78, 5) is 21.7. The van der Waals surface area contributed by atoms with E-state index in [1.165, 1.54) is 24.3 Å². The number of amides is 2. The van der Waals surface area contributed by atoms with Crippen molar-refractivity contribution in [2.75, 3.05) is 5.32 Å². The van der Waals surface area contributed by atoms with E-state index in [4.69, 9.17) is 20.3 Å². The number of carbonyl (C=O) groups excluding carboxylic acids is 1. The zero-order valence-corrected chi connectivity index (χ0v) is 11.7. The number of carboxylic acid groups (broad SMARTS) is 1. The van der Waals surface area contributed by atoms with Crippen LogP contribution in [0.2, 0.25) is 0 Å². The minimum absolute atomic E-state index is 0.178. The van der Waals surface area contributed by atoms with Gasteiger partial charge in [0.1, 0.15) is 24.1 Å². The summed E-state index contributed by atoms with van der Waals surface area (Å²) in [7, 11) is 0. The molecule has 1 heterocycles. The zero-order chi connectivity index (χ0) is 17.1. The van der Waals surface area contributed by atoms with Crippen molar-refractivity contribution in [3.05, 3.63) is 24.3 Å². The van der Waals surface area contributed by atoms with E-state index in [1.807, 2.05) is 0 Å². The molecule has 1 aliphatic heterocycles. The van der Waals surface area contributed by atoms with Crippen molar-refractivity contribution in [3.63, 3.8) is 0 Å². The second kappa shape index (κ2) is 6.79. The van der Waals surface area contributed by atoms with Crippen LogP contribution in [-0.2, 0) is 9.53 Å². The van der Waals surface area contributed by atoms with Gasteiger partial charge in [0.25, 0.3) is 0 Å². The van der Waals surface area contributed by atoms with Gasteiger partial charge in [0.15, 0.2) is 6.10 Å². The van der Waals surface area contributed by atoms with E-state index in [1.54, 1.807) is 0 Å². The molecule has 1 fully saturated rings. The van der Waals surface area contributed by atoms with Crippen LogP contribution >= 0.6 is 0 Å². The SMILES string of the molecule is NC(=O)Nc1ccc(OC2OC(C(=O)O)C(O)C(O)C2O)cc1. The lowest BCUT2D eigenvalue weighted by atomic mass is 9.99. The second-order valence-corrected chi connectivity index (χ2v) is 4.87. The second-order valence-electron chi connectivity index (χ2n) is 4.87. The van der Waals surface area contributed by atoms with Gasteiger partial charge in [0.05, 0.1) is 0 Å². The van der Waals surface area contributed by atoms with Crippen LogP contribution < -0.4 is 15.8 Å². The number of aliphatic hydroxyl groups excluding tert-OH is 3. The number of hydrogen-bond acceptors (Lipinski definition) is 7. The molecule has 2 rings (SSSR count). The standard InChI is InChI=1S/C13H16N2O8/c14-13(21)15-5-1-3-6(4-2-5)22-12-9(18)7(16)8(17)10(23-12)11(19)20/h1-4,7-10,12,16-18H,(H,19,20)(H3,14,15,21). The Balaban J connectivity index is 2.08. The van der Waals surface area contributed by atoms with Gasteiger partial charge in [-0.3, -0.25) is 0 Å². The minimum atomic E-state index is -1.79. The van der Waals surface area contributed by atoms with Gasteiger partial charge < -0.3 is 41.0 Å². The first kappa shape index (κ1) is 17.0. The van der Waals surface area contributed by atoms with E-state index in [0.717, 1.165) is 0 Å². The largest absolute Gasteiger partial charge is 0.479 e. The monoisotopic (exact) mass is 328 g/mol. The van der Waals surface area contributed by atoms with E-state index < -0.39 is 42.7 Å². The van der Waals surface area contributed by atoms with Crippen molar-refractivity contribution < 1.29 is 39.5 Å². The molecule has 0 aliphatic carbocycles. The minimum Gasteiger partial charge on any atom is -0.479 e. The number of anilines is 1. The molecule has 5 unspecified atom stereocenters. The van der Waals surface area contributed by atoms with Crippen molar-refractivity contribution in [1.29, 1.82) is 0 Å². The molecule has 2 amide bonds. The Hall–Kier alpha value is -2.40. The lowest BCUT2D eigenvalue weighted by Gasteiger charge is -2.38. The average Bonchev–Trinajstić information content (AvgIpc) is 2.48. The lowest BCUT2D eigenvalue weighted by Crippen LogP contribution is -2.61. The molecule has 1 saturated heterocycles. The summed E-state index contributed by atoms with van der Waals surface area (Å²) in [5, 5.41) is 40.3. The maximum atomic E-state index is 11.0. The first-order chi connectivity index (χ1) is 10.8. The summed E-state index contributed by atoms with van der Waals surface area (Å²) in [6, 6.07) is 4.99. The van der Waals surface area contributed by atoms with E-state index in [9.17, 15) is 24.9 Å². The normalized spacial score (nSPS) is 30.5. The summed E-state index contributed by atoms with van der Waals surface area (Å²) in [6.07, 6.45) is -8.42. The van der Waals surface area contributed by atoms with Crippen LogP contribution in [0, 0.1) is 0 Å². The van der Waals surface area contributed by atoms with Crippen LogP contribution in [0.4, 0.5) is 10.5 Å². The number of nitrogens with one attached hydrogen (secondary N) is 1. The molecule has 10 heteroatoms. The molecule has 0 radical (unpaired) electrons. The molecule has 1 aromatic rings. The number of hydrogen-bond donors (Lipinski definition) is 6. The van der Waals surface area contributed by atoms with Crippen molar-refractivity contribution >= 4 is 17.7 Å². The molecule has 0 aromatic heterocycles. The van der Waals surface area contributed by atoms with Crippen LogP contribution in [0.1, 0.15) is 0 Å². The highest BCUT2D eigenvalue weighted by Crippen LogP contribution is 2.25. The highest BCUT2D eigenvalue weighted by Gasteiger charge is 2.48. The highest BCUT2D eigenvalue weighted by molar-refractivity contribution is 5.87. The number of aliphatic carboxylic acids is 1. The number of ether oxygens (including phenoxy) is 2. The fourth-order valence-electron chi connectivity index (χ4n) is 2.04. The van der Waals surface area contributed by atoms with E-state index in [0.29, 0.717) is 5.69 Å². The van der Waals surface area contributed by atoms with Gasteiger partial charge in [-0.1, -0.05) is 0 Å². The molecular weight excluding hydrogens is 312 g/mol. The van der Waals surface area contributed by atoms with E-state index >= 15 is 0 Å². The number of primary amides is 1. The molecule has 5 atom stereocenters. The third-order valence-electron chi connectivity index (χ3n) is 3.19. The summed E-state index contributed by atoms with van der Waals surface area (Å²) >= 11 is 0. The first-order valence-electron chi connectivity index (χ1n) is 6.55. The van der Waals surface area contributed by atoms with Crippen molar-refractivity contribution in [1.82, 2.24) is 0 Å². The lowest BCUT2D eigenvalue weighted by molar-refractivity contribution is -0.271. The number of carbonyl (C=O) groups is 2. The van der Waals surface area contributed by atoms with Crippen LogP contribution in [0.25, 0.3) is 0 Å². The smallest absolute Gasteiger partial charge is 0.335 e. The number of urea groups is 1. The van der Waals surface area contributed by atoms with Crippen LogP contribution in [0.3, 0.4) is 0 Å². The molecule has 126 valence electrons. The molecule has 0 bridgehead atoms. The number of carboxylic acids is 1. The average molecular weight is 328 g/mol. The van der Waals surface area contributed by atoms with E-state index in [2.05, 4.69) is 5.32 Å². The maximum Gasteiger partial charge on any atom is 0.335 e. The molecule has 1 aliphatic rings. The zero-order valence-electron chi connectivity index (χ0n) is 11.7. The fraction of sp³-hybridized carbons (Fsp3) is 0.385. The van der Waals surface area contributed by atoms with Crippen molar-refractivity contribution in [2.24, 2.45) is 5.73 Å². The Labute approximate surface area is 130 Å². The van der Waals surface area contributed by atoms with Gasteiger partial charge in [-0.25, -0.2) is 9.59 Å². The maximum absolute atomic E-state index is 11.0. The van der Waals surface area contributed by atoms with Gasteiger partial charge >= 0.3 is 12.0 Å². The van der Waals surface area contributed by atoms with Gasteiger partial charge in [-0.2, -0.15) is 0 Å². The summed E-state index contributed by atoms with van der Waals surface area (Å²) in [5.41, 5.74) is 5.36. The molecular formula is C13H16N2O8. The predicted molar refractivity (Wildman–Crippen MR) is 74.6 cm³/mol. The van der Waals surface area contributed by atoms with Crippen LogP contribution in [0.15, 0.2) is 24.3 Å². The molecule has 0 saturated carbocycles. The third-order valence-corrected chi connectivity index (χ3v) is 3.19. The number of benzene rings is 1. The van der Waals surface area contributed by atoms with Crippen molar-refractivity contribution in [2.45, 2.75) is 30.7 Å². The number of rotatable bonds is 4. The molecule has 7 N–H and O–H groups in total. The van der Waals surface area contributed by atoms with Crippen LogP contribution in [-0.4, -0.2) is 63.1 Å². The van der Waals surface area contributed by atoms with Gasteiger partial charge in [0.2, 0.25) is 6.29 Å². The highest BCUT2D eigenvalue weighted by atomic mass is 16.7. The predicted octanol–water partition coefficient (Wildman–Crippen LogP) is -1.55. The van der Waals surface area contributed by atoms with Gasteiger partial charge in [-0.05, 0) is 24.3 Å². The molecule has 23 heavy (non-hydrogen) atoms. The Morgan fingerprint density at radius 1 is 1.09 bits per heavy atom.